The van der Waals surface area contributed by atoms with Crippen LogP contribution in [-0.2, 0) is 12.0 Å². The molecule has 5 nitrogen and oxygen atoms in total. The van der Waals surface area contributed by atoms with Crippen LogP contribution in [0.1, 0.15) is 39.4 Å². The van der Waals surface area contributed by atoms with E-state index in [0.717, 1.165) is 25.5 Å². The van der Waals surface area contributed by atoms with Gasteiger partial charge in [-0.2, -0.15) is 4.98 Å². The second-order valence-corrected chi connectivity index (χ2v) is 6.10. The Morgan fingerprint density at radius 1 is 1.41 bits per heavy atom. The molecule has 17 heavy (non-hydrogen) atoms. The zero-order valence-electron chi connectivity index (χ0n) is 11.1. The van der Waals surface area contributed by atoms with Gasteiger partial charge in [0.1, 0.15) is 0 Å². The normalized spacial score (nSPS) is 26.6. The van der Waals surface area contributed by atoms with Crippen molar-refractivity contribution in [1.82, 2.24) is 15.0 Å². The topological polar surface area (TPSA) is 68.2 Å². The smallest absolute Gasteiger partial charge is 0.232 e. The maximum absolute atomic E-state index is 5.99. The van der Waals surface area contributed by atoms with Crippen molar-refractivity contribution >= 4 is 0 Å². The lowest BCUT2D eigenvalue weighted by Gasteiger charge is -2.12. The summed E-state index contributed by atoms with van der Waals surface area (Å²) >= 11 is 0. The highest BCUT2D eigenvalue weighted by Crippen LogP contribution is 2.21. The van der Waals surface area contributed by atoms with Gasteiger partial charge >= 0.3 is 0 Å². The Kier molecular flexibility index (Phi) is 3.23. The Bertz CT molecular complexity index is 372. The van der Waals surface area contributed by atoms with E-state index in [4.69, 9.17) is 10.3 Å². The van der Waals surface area contributed by atoms with Crippen LogP contribution in [0.5, 0.6) is 0 Å². The third kappa shape index (κ3) is 2.84. The minimum absolute atomic E-state index is 0.0834. The van der Waals surface area contributed by atoms with Gasteiger partial charge in [0, 0.05) is 24.5 Å². The summed E-state index contributed by atoms with van der Waals surface area (Å²) in [6.07, 6.45) is 0. The average Bonchev–Trinajstić information content (AvgIpc) is 2.75. The van der Waals surface area contributed by atoms with Crippen molar-refractivity contribution in [2.24, 2.45) is 11.7 Å². The SMILES string of the molecule is CC1CN(Cc2noc(C(C)(C)C)n2)CC1N. The maximum atomic E-state index is 5.99. The van der Waals surface area contributed by atoms with Crippen LogP contribution < -0.4 is 5.73 Å². The molecule has 0 bridgehead atoms. The highest BCUT2D eigenvalue weighted by atomic mass is 16.5. The summed E-state index contributed by atoms with van der Waals surface area (Å²) in [5.41, 5.74) is 5.91. The van der Waals surface area contributed by atoms with Gasteiger partial charge in [0.15, 0.2) is 5.82 Å². The van der Waals surface area contributed by atoms with Gasteiger partial charge in [0.2, 0.25) is 5.89 Å². The van der Waals surface area contributed by atoms with Crippen molar-refractivity contribution in [2.45, 2.75) is 45.7 Å². The summed E-state index contributed by atoms with van der Waals surface area (Å²) in [5.74, 6) is 2.00. The van der Waals surface area contributed by atoms with Crippen LogP contribution in [0.2, 0.25) is 0 Å². The van der Waals surface area contributed by atoms with E-state index in [-0.39, 0.29) is 11.5 Å². The third-order valence-corrected chi connectivity index (χ3v) is 3.22. The fraction of sp³-hybridized carbons (Fsp3) is 0.833. The van der Waals surface area contributed by atoms with Crippen molar-refractivity contribution in [1.29, 1.82) is 0 Å². The first kappa shape index (κ1) is 12.5. The van der Waals surface area contributed by atoms with Crippen LogP contribution in [0, 0.1) is 5.92 Å². The first-order valence-electron chi connectivity index (χ1n) is 6.17. The summed E-state index contributed by atoms with van der Waals surface area (Å²) in [7, 11) is 0. The molecule has 0 aliphatic carbocycles. The second-order valence-electron chi connectivity index (χ2n) is 6.10. The number of aromatic nitrogens is 2. The zero-order valence-corrected chi connectivity index (χ0v) is 11.1. The molecule has 2 heterocycles. The van der Waals surface area contributed by atoms with E-state index in [1.807, 2.05) is 0 Å². The van der Waals surface area contributed by atoms with Gasteiger partial charge in [-0.3, -0.25) is 4.90 Å². The molecule has 5 heteroatoms. The van der Waals surface area contributed by atoms with Crippen molar-refractivity contribution in [3.05, 3.63) is 11.7 Å². The molecule has 96 valence electrons. The first-order valence-corrected chi connectivity index (χ1v) is 6.17. The van der Waals surface area contributed by atoms with Gasteiger partial charge in [-0.05, 0) is 5.92 Å². The second kappa shape index (κ2) is 4.38. The predicted molar refractivity (Wildman–Crippen MR) is 65.4 cm³/mol. The van der Waals surface area contributed by atoms with Gasteiger partial charge in [-0.15, -0.1) is 0 Å². The summed E-state index contributed by atoms with van der Waals surface area (Å²) in [6.45, 7) is 11.1. The molecule has 2 unspecified atom stereocenters. The van der Waals surface area contributed by atoms with Gasteiger partial charge in [-0.1, -0.05) is 32.9 Å². The molecule has 1 aliphatic heterocycles. The molecular formula is C12H22N4O. The van der Waals surface area contributed by atoms with Crippen molar-refractivity contribution in [3.63, 3.8) is 0 Å². The molecule has 0 spiro atoms. The van der Waals surface area contributed by atoms with Crippen LogP contribution in [0.4, 0.5) is 0 Å². The van der Waals surface area contributed by atoms with E-state index in [1.54, 1.807) is 0 Å². The Balaban J connectivity index is 1.98. The number of hydrogen-bond acceptors (Lipinski definition) is 5. The lowest BCUT2D eigenvalue weighted by molar-refractivity contribution is 0.292. The van der Waals surface area contributed by atoms with Gasteiger partial charge in [0.25, 0.3) is 0 Å². The van der Waals surface area contributed by atoms with E-state index in [1.165, 1.54) is 0 Å². The standard InChI is InChI=1S/C12H22N4O/c1-8-5-16(6-9(8)13)7-10-14-11(17-15-10)12(2,3)4/h8-9H,5-7,13H2,1-4H3. The summed E-state index contributed by atoms with van der Waals surface area (Å²) in [6, 6.07) is 0.268. The summed E-state index contributed by atoms with van der Waals surface area (Å²) < 4.78 is 5.27. The van der Waals surface area contributed by atoms with Crippen LogP contribution in [0.15, 0.2) is 4.52 Å². The largest absolute Gasteiger partial charge is 0.339 e. The van der Waals surface area contributed by atoms with E-state index in [9.17, 15) is 0 Å². The number of likely N-dealkylation sites (tertiary alicyclic amines) is 1. The molecule has 2 rings (SSSR count). The minimum atomic E-state index is -0.0834. The molecule has 1 aliphatic rings. The molecule has 0 saturated carbocycles. The number of nitrogens with two attached hydrogens (primary N) is 1. The minimum Gasteiger partial charge on any atom is -0.339 e. The first-order chi connectivity index (χ1) is 7.86. The highest BCUT2D eigenvalue weighted by molar-refractivity contribution is 4.99. The number of nitrogens with zero attached hydrogens (tertiary/aromatic N) is 3. The van der Waals surface area contributed by atoms with Crippen molar-refractivity contribution in [3.8, 4) is 0 Å². The zero-order chi connectivity index (χ0) is 12.6. The molecule has 1 saturated heterocycles. The highest BCUT2D eigenvalue weighted by Gasteiger charge is 2.28. The quantitative estimate of drug-likeness (QED) is 0.837. The predicted octanol–water partition coefficient (Wildman–Crippen LogP) is 1.15. The van der Waals surface area contributed by atoms with Crippen LogP contribution >= 0.6 is 0 Å². The molecule has 1 aromatic heterocycles. The lowest BCUT2D eigenvalue weighted by atomic mass is 9.97. The lowest BCUT2D eigenvalue weighted by Crippen LogP contribution is -2.28. The van der Waals surface area contributed by atoms with Crippen LogP contribution in [-0.4, -0.2) is 34.2 Å². The molecule has 0 amide bonds. The molecule has 1 fully saturated rings. The molecule has 0 radical (unpaired) electrons. The Labute approximate surface area is 102 Å². The Morgan fingerprint density at radius 3 is 2.59 bits per heavy atom. The van der Waals surface area contributed by atoms with Crippen molar-refractivity contribution in [2.75, 3.05) is 13.1 Å². The number of rotatable bonds is 2. The Morgan fingerprint density at radius 2 is 2.12 bits per heavy atom. The van der Waals surface area contributed by atoms with Gasteiger partial charge < -0.3 is 10.3 Å². The monoisotopic (exact) mass is 238 g/mol. The number of hydrogen-bond donors (Lipinski definition) is 1. The fourth-order valence-electron chi connectivity index (χ4n) is 2.05. The Hall–Kier alpha value is -0.940. The van der Waals surface area contributed by atoms with Gasteiger partial charge in [0.05, 0.1) is 6.54 Å². The molecule has 2 atom stereocenters. The van der Waals surface area contributed by atoms with E-state index in [0.29, 0.717) is 11.8 Å². The molecular weight excluding hydrogens is 216 g/mol. The average molecular weight is 238 g/mol. The van der Waals surface area contributed by atoms with E-state index < -0.39 is 0 Å². The van der Waals surface area contributed by atoms with Crippen LogP contribution in [0.25, 0.3) is 0 Å². The summed E-state index contributed by atoms with van der Waals surface area (Å²) in [4.78, 5) is 6.72. The van der Waals surface area contributed by atoms with E-state index in [2.05, 4.69) is 42.7 Å². The maximum Gasteiger partial charge on any atom is 0.232 e. The third-order valence-electron chi connectivity index (χ3n) is 3.22. The molecule has 0 aromatic carbocycles. The summed E-state index contributed by atoms with van der Waals surface area (Å²) in [5, 5.41) is 4.03. The van der Waals surface area contributed by atoms with E-state index >= 15 is 0 Å². The molecule has 1 aromatic rings. The van der Waals surface area contributed by atoms with Crippen LogP contribution in [0.3, 0.4) is 0 Å². The van der Waals surface area contributed by atoms with Gasteiger partial charge in [-0.25, -0.2) is 0 Å². The molecule has 2 N–H and O–H groups in total. The van der Waals surface area contributed by atoms with Crippen molar-refractivity contribution < 1.29 is 4.52 Å². The fourth-order valence-corrected chi connectivity index (χ4v) is 2.05.